The average molecular weight is 781 g/mol. The van der Waals surface area contributed by atoms with Gasteiger partial charge in [-0.15, -0.1) is 0 Å². The molecule has 0 heterocycles. The van der Waals surface area contributed by atoms with Gasteiger partial charge >= 0.3 is 11.9 Å². The van der Waals surface area contributed by atoms with Crippen LogP contribution in [0.2, 0.25) is 0 Å². The first-order valence-corrected chi connectivity index (χ1v) is 23.5. The summed E-state index contributed by atoms with van der Waals surface area (Å²) in [6.07, 6.45) is 62.6. The van der Waals surface area contributed by atoms with Gasteiger partial charge in [-0.25, -0.2) is 0 Å². The molecule has 5 heteroatoms. The van der Waals surface area contributed by atoms with E-state index >= 15 is 0 Å². The number of aliphatic hydroxyl groups excluding tert-OH is 1. The second-order valence-corrected chi connectivity index (χ2v) is 15.4. The molecule has 322 valence electrons. The van der Waals surface area contributed by atoms with Crippen molar-refractivity contribution < 1.29 is 24.2 Å². The van der Waals surface area contributed by atoms with Crippen LogP contribution in [-0.2, 0) is 19.1 Å². The lowest BCUT2D eigenvalue weighted by atomic mass is 10.0. The molecule has 1 N–H and O–H groups in total. The van der Waals surface area contributed by atoms with Crippen LogP contribution in [0.4, 0.5) is 0 Å². The van der Waals surface area contributed by atoms with Crippen molar-refractivity contribution in [2.24, 2.45) is 0 Å². The maximum Gasteiger partial charge on any atom is 0.306 e. The zero-order valence-electron chi connectivity index (χ0n) is 36.6. The number of hydrogen-bond donors (Lipinski definition) is 1. The van der Waals surface area contributed by atoms with Gasteiger partial charge in [-0.1, -0.05) is 196 Å². The van der Waals surface area contributed by atoms with Crippen LogP contribution in [0.5, 0.6) is 0 Å². The Labute approximate surface area is 346 Å². The lowest BCUT2D eigenvalue weighted by Crippen LogP contribution is -2.28. The largest absolute Gasteiger partial charge is 0.462 e. The number of allylic oxidation sites excluding steroid dienone is 12. The van der Waals surface area contributed by atoms with E-state index in [2.05, 4.69) is 86.8 Å². The highest BCUT2D eigenvalue weighted by Gasteiger charge is 2.16. The molecular weight excluding hydrogens is 693 g/mol. The molecule has 0 aliphatic rings. The van der Waals surface area contributed by atoms with Crippen LogP contribution in [0, 0.1) is 0 Å². The second kappa shape index (κ2) is 46.7. The van der Waals surface area contributed by atoms with E-state index in [1.54, 1.807) is 0 Å². The molecule has 0 aliphatic carbocycles. The van der Waals surface area contributed by atoms with Gasteiger partial charge < -0.3 is 14.6 Å². The molecule has 0 saturated heterocycles. The first-order valence-electron chi connectivity index (χ1n) is 23.5. The van der Waals surface area contributed by atoms with Crippen LogP contribution in [0.15, 0.2) is 72.9 Å². The van der Waals surface area contributed by atoms with Crippen molar-refractivity contribution in [2.75, 3.05) is 13.2 Å². The smallest absolute Gasteiger partial charge is 0.306 e. The molecule has 5 nitrogen and oxygen atoms in total. The molecular formula is C51H88O5. The topological polar surface area (TPSA) is 72.8 Å². The zero-order valence-corrected chi connectivity index (χ0v) is 36.6. The minimum absolute atomic E-state index is 0.0726. The summed E-state index contributed by atoms with van der Waals surface area (Å²) in [5.74, 6) is -0.601. The number of esters is 2. The number of aliphatic hydroxyl groups is 1. The van der Waals surface area contributed by atoms with Crippen molar-refractivity contribution in [1.82, 2.24) is 0 Å². The van der Waals surface area contributed by atoms with Crippen molar-refractivity contribution in [3.8, 4) is 0 Å². The molecule has 1 unspecified atom stereocenters. The Hall–Kier alpha value is -2.66. The third-order valence-corrected chi connectivity index (χ3v) is 9.98. The fraction of sp³-hybridized carbons (Fsp3) is 0.725. The van der Waals surface area contributed by atoms with E-state index in [1.807, 2.05) is 0 Å². The number of ether oxygens (including phenoxy) is 2. The number of carbonyl (C=O) groups is 2. The van der Waals surface area contributed by atoms with Gasteiger partial charge in [-0.3, -0.25) is 9.59 Å². The van der Waals surface area contributed by atoms with Crippen LogP contribution < -0.4 is 0 Å². The van der Waals surface area contributed by atoms with Crippen LogP contribution in [-0.4, -0.2) is 36.4 Å². The van der Waals surface area contributed by atoms with Crippen molar-refractivity contribution in [3.63, 3.8) is 0 Å². The van der Waals surface area contributed by atoms with Crippen LogP contribution in [0.25, 0.3) is 0 Å². The molecule has 56 heavy (non-hydrogen) atoms. The summed E-state index contributed by atoms with van der Waals surface area (Å²) in [6, 6.07) is 0. The summed E-state index contributed by atoms with van der Waals surface area (Å²) in [5.41, 5.74) is 0. The van der Waals surface area contributed by atoms with E-state index in [9.17, 15) is 14.7 Å². The lowest BCUT2D eigenvalue weighted by Gasteiger charge is -2.15. The van der Waals surface area contributed by atoms with Crippen LogP contribution >= 0.6 is 0 Å². The fourth-order valence-corrected chi connectivity index (χ4v) is 6.46. The predicted octanol–water partition coefficient (Wildman–Crippen LogP) is 15.3. The molecule has 0 radical (unpaired) electrons. The number of carbonyl (C=O) groups excluding carboxylic acids is 2. The Bertz CT molecular complexity index is 1020. The molecule has 0 saturated carbocycles. The first kappa shape index (κ1) is 53.3. The van der Waals surface area contributed by atoms with E-state index in [0.29, 0.717) is 12.8 Å². The predicted molar refractivity (Wildman–Crippen MR) is 242 cm³/mol. The third-order valence-electron chi connectivity index (χ3n) is 9.98. The molecule has 0 amide bonds. The summed E-state index contributed by atoms with van der Waals surface area (Å²) < 4.78 is 10.7. The van der Waals surface area contributed by atoms with Gasteiger partial charge in [0.1, 0.15) is 6.61 Å². The molecule has 0 aromatic carbocycles. The van der Waals surface area contributed by atoms with E-state index in [-0.39, 0.29) is 25.2 Å². The second-order valence-electron chi connectivity index (χ2n) is 15.4. The summed E-state index contributed by atoms with van der Waals surface area (Å²) >= 11 is 0. The van der Waals surface area contributed by atoms with E-state index in [1.165, 1.54) is 116 Å². The molecule has 0 spiro atoms. The SMILES string of the molecule is CC/C=C\C/C=C\C/C=C\C/C=C\CCCCCCCCCCCCCCC(=O)OC(CO)COC(=O)CCCCCCCCC/C=C\C/C=C\CCCCC. The van der Waals surface area contributed by atoms with Crippen molar-refractivity contribution in [3.05, 3.63) is 72.9 Å². The van der Waals surface area contributed by atoms with E-state index in [0.717, 1.165) is 77.0 Å². The minimum atomic E-state index is -0.779. The van der Waals surface area contributed by atoms with Gasteiger partial charge in [-0.2, -0.15) is 0 Å². The Morgan fingerprint density at radius 2 is 0.768 bits per heavy atom. The maximum atomic E-state index is 12.2. The highest BCUT2D eigenvalue weighted by Crippen LogP contribution is 2.14. The van der Waals surface area contributed by atoms with E-state index < -0.39 is 6.10 Å². The van der Waals surface area contributed by atoms with E-state index in [4.69, 9.17) is 9.47 Å². The Kier molecular flexibility index (Phi) is 44.5. The van der Waals surface area contributed by atoms with Gasteiger partial charge in [0.25, 0.3) is 0 Å². The van der Waals surface area contributed by atoms with Crippen LogP contribution in [0.1, 0.15) is 219 Å². The summed E-state index contributed by atoms with van der Waals surface area (Å²) in [7, 11) is 0. The average Bonchev–Trinajstić information content (AvgIpc) is 3.20. The van der Waals surface area contributed by atoms with Gasteiger partial charge in [0.15, 0.2) is 6.10 Å². The zero-order chi connectivity index (χ0) is 40.7. The van der Waals surface area contributed by atoms with Gasteiger partial charge in [0.2, 0.25) is 0 Å². The monoisotopic (exact) mass is 781 g/mol. The minimum Gasteiger partial charge on any atom is -0.462 e. The van der Waals surface area contributed by atoms with Gasteiger partial charge in [0.05, 0.1) is 6.61 Å². The number of unbranched alkanes of at least 4 members (excludes halogenated alkanes) is 22. The molecule has 0 aromatic rings. The molecule has 0 aromatic heterocycles. The summed E-state index contributed by atoms with van der Waals surface area (Å²) in [4.78, 5) is 24.4. The third kappa shape index (κ3) is 44.1. The maximum absolute atomic E-state index is 12.2. The van der Waals surface area contributed by atoms with Crippen molar-refractivity contribution >= 4 is 11.9 Å². The van der Waals surface area contributed by atoms with Crippen molar-refractivity contribution in [2.45, 2.75) is 225 Å². The number of hydrogen-bond acceptors (Lipinski definition) is 5. The fourth-order valence-electron chi connectivity index (χ4n) is 6.46. The molecule has 0 rings (SSSR count). The summed E-state index contributed by atoms with van der Waals surface area (Å²) in [5, 5.41) is 9.60. The Morgan fingerprint density at radius 1 is 0.429 bits per heavy atom. The highest BCUT2D eigenvalue weighted by molar-refractivity contribution is 5.70. The lowest BCUT2D eigenvalue weighted by molar-refractivity contribution is -0.161. The van der Waals surface area contributed by atoms with Gasteiger partial charge in [0, 0.05) is 12.8 Å². The Balaban J connectivity index is 3.53. The van der Waals surface area contributed by atoms with Crippen LogP contribution in [0.3, 0.4) is 0 Å². The molecule has 0 bridgehead atoms. The Morgan fingerprint density at radius 3 is 1.16 bits per heavy atom. The quantitative estimate of drug-likeness (QED) is 0.0379. The first-order chi connectivity index (χ1) is 27.6. The normalized spacial score (nSPS) is 12.8. The molecule has 1 atom stereocenters. The highest BCUT2D eigenvalue weighted by atomic mass is 16.6. The summed E-state index contributed by atoms with van der Waals surface area (Å²) in [6.45, 7) is 4.00. The number of rotatable bonds is 42. The molecule has 0 fully saturated rings. The molecule has 0 aliphatic heterocycles. The van der Waals surface area contributed by atoms with Crippen molar-refractivity contribution in [1.29, 1.82) is 0 Å². The van der Waals surface area contributed by atoms with Gasteiger partial charge in [-0.05, 0) is 83.5 Å². The standard InChI is InChI=1S/C51H88O5/c1-3-5-7-9-11-13-15-17-19-21-22-23-24-25-26-27-28-30-32-34-36-38-40-42-44-46-51(54)56-49(47-52)48-55-50(53)45-43-41-39-37-35-33-31-29-20-18-16-14-12-10-8-6-4-2/h5,7,11-14,17-20,22-23,49,52H,3-4,6,8-10,15-16,21,24-48H2,1-2H3/b7-5-,13-11-,14-12-,19-17-,20-18-,23-22-.